The van der Waals surface area contributed by atoms with Gasteiger partial charge in [0.15, 0.2) is 0 Å². The second kappa shape index (κ2) is 11.8. The lowest BCUT2D eigenvalue weighted by atomic mass is 10.1. The highest BCUT2D eigenvalue weighted by molar-refractivity contribution is 7.20. The molecule has 4 aromatic rings. The van der Waals surface area contributed by atoms with Gasteiger partial charge >= 0.3 is 0 Å². The van der Waals surface area contributed by atoms with Crippen LogP contribution in [-0.2, 0) is 16.0 Å². The van der Waals surface area contributed by atoms with E-state index in [1.54, 1.807) is 16.2 Å². The predicted molar refractivity (Wildman–Crippen MR) is 173 cm³/mol. The predicted octanol–water partition coefficient (Wildman–Crippen LogP) is 7.20. The molecule has 8 heteroatoms. The average Bonchev–Trinajstić information content (AvgIpc) is 3.55. The van der Waals surface area contributed by atoms with Gasteiger partial charge in [0.1, 0.15) is 5.92 Å². The monoisotopic (exact) mass is 577 g/mol. The number of carbonyl (C=O) groups is 2. The van der Waals surface area contributed by atoms with Gasteiger partial charge in [0.2, 0.25) is 11.8 Å². The van der Waals surface area contributed by atoms with Crippen LogP contribution in [0.1, 0.15) is 36.6 Å². The summed E-state index contributed by atoms with van der Waals surface area (Å²) in [5.74, 6) is -1.09. The number of amides is 2. The fourth-order valence-electron chi connectivity index (χ4n) is 5.79. The number of carbonyl (C=O) groups excluding carboxylic acids is 2. The van der Waals surface area contributed by atoms with Gasteiger partial charge in [0.25, 0.3) is 0 Å². The van der Waals surface area contributed by atoms with E-state index in [1.165, 1.54) is 10.5 Å². The Hall–Kier alpha value is -4.43. The zero-order valence-electron chi connectivity index (χ0n) is 24.2. The SMILES string of the molecule is CCc1cc(NC(=O)C2CCN(c3ccccc3)C2=O)ccc1N(C)c1ccnc2cc(C3=CN(C)C=CCC3)sc12. The van der Waals surface area contributed by atoms with Crippen molar-refractivity contribution in [3.05, 3.63) is 95.8 Å². The summed E-state index contributed by atoms with van der Waals surface area (Å²) in [6.45, 7) is 2.66. The molecule has 2 aromatic carbocycles. The van der Waals surface area contributed by atoms with E-state index in [4.69, 9.17) is 0 Å². The van der Waals surface area contributed by atoms with Crippen molar-refractivity contribution in [1.29, 1.82) is 0 Å². The molecule has 1 N–H and O–H groups in total. The molecule has 214 valence electrons. The smallest absolute Gasteiger partial charge is 0.239 e. The number of nitrogens with zero attached hydrogens (tertiary/aromatic N) is 4. The molecule has 1 fully saturated rings. The first-order valence-corrected chi connectivity index (χ1v) is 15.3. The number of benzene rings is 2. The summed E-state index contributed by atoms with van der Waals surface area (Å²) < 4.78 is 1.15. The molecule has 1 atom stereocenters. The third-order valence-electron chi connectivity index (χ3n) is 8.03. The van der Waals surface area contributed by atoms with Gasteiger partial charge < -0.3 is 20.0 Å². The zero-order valence-corrected chi connectivity index (χ0v) is 25.0. The minimum Gasteiger partial charge on any atom is -0.357 e. The lowest BCUT2D eigenvalue weighted by molar-refractivity contribution is -0.129. The number of para-hydroxylation sites is 1. The quantitative estimate of drug-likeness (QED) is 0.235. The standard InChI is InChI=1S/C34H35N5O2S/c1-4-23-20-25(36-33(40)27-16-19-39(34(27)41)26-11-6-5-7-12-26)13-14-29(23)38(3)30-15-17-35-28-21-31(42-32(28)30)24-10-8-9-18-37(2)22-24/h5-7,9,11-15,17-18,20-22,27H,4,8,10,16,19H2,1-3H3,(H,36,40). The molecule has 2 aliphatic heterocycles. The Balaban J connectivity index is 1.22. The molecule has 2 amide bonds. The van der Waals surface area contributed by atoms with Gasteiger partial charge in [-0.15, -0.1) is 11.3 Å². The molecular formula is C34H35N5O2S. The zero-order chi connectivity index (χ0) is 29.2. The largest absolute Gasteiger partial charge is 0.357 e. The van der Waals surface area contributed by atoms with Crippen molar-refractivity contribution in [1.82, 2.24) is 9.88 Å². The molecule has 0 radical (unpaired) electrons. The van der Waals surface area contributed by atoms with Crippen molar-refractivity contribution in [2.24, 2.45) is 5.92 Å². The van der Waals surface area contributed by atoms with E-state index in [0.717, 1.165) is 52.1 Å². The number of nitrogens with one attached hydrogen (secondary N) is 1. The summed E-state index contributed by atoms with van der Waals surface area (Å²) in [7, 11) is 4.15. The molecular weight excluding hydrogens is 542 g/mol. The van der Waals surface area contributed by atoms with E-state index in [1.807, 2.05) is 48.7 Å². The van der Waals surface area contributed by atoms with Crippen LogP contribution < -0.4 is 15.1 Å². The van der Waals surface area contributed by atoms with E-state index in [-0.39, 0.29) is 11.8 Å². The maximum Gasteiger partial charge on any atom is 0.239 e. The van der Waals surface area contributed by atoms with E-state index >= 15 is 0 Å². The molecule has 7 nitrogen and oxygen atoms in total. The maximum absolute atomic E-state index is 13.2. The van der Waals surface area contributed by atoms with Crippen molar-refractivity contribution >= 4 is 61.7 Å². The topological polar surface area (TPSA) is 68.8 Å². The van der Waals surface area contributed by atoms with Crippen LogP contribution >= 0.6 is 11.3 Å². The highest BCUT2D eigenvalue weighted by Crippen LogP contribution is 2.40. The van der Waals surface area contributed by atoms with Crippen molar-refractivity contribution in [3.8, 4) is 0 Å². The van der Waals surface area contributed by atoms with Crippen LogP contribution in [0.4, 0.5) is 22.7 Å². The molecule has 4 heterocycles. The Labute approximate surface area is 250 Å². The summed E-state index contributed by atoms with van der Waals surface area (Å²) in [6, 6.07) is 19.8. The summed E-state index contributed by atoms with van der Waals surface area (Å²) in [4.78, 5) is 38.2. The highest BCUT2D eigenvalue weighted by Gasteiger charge is 2.37. The van der Waals surface area contributed by atoms with E-state index in [9.17, 15) is 9.59 Å². The number of hydrogen-bond donors (Lipinski definition) is 1. The summed E-state index contributed by atoms with van der Waals surface area (Å²) >= 11 is 1.78. The van der Waals surface area contributed by atoms with Crippen LogP contribution in [0, 0.1) is 5.92 Å². The molecule has 6 rings (SSSR count). The fraction of sp³-hybridized carbons (Fsp3) is 0.265. The number of aromatic nitrogens is 1. The van der Waals surface area contributed by atoms with Gasteiger partial charge in [-0.3, -0.25) is 14.6 Å². The summed E-state index contributed by atoms with van der Waals surface area (Å²) in [5.41, 5.74) is 7.13. The summed E-state index contributed by atoms with van der Waals surface area (Å²) in [6.07, 6.45) is 11.7. The Kier molecular flexibility index (Phi) is 7.80. The number of hydrogen-bond acceptors (Lipinski definition) is 6. The number of anilines is 4. The van der Waals surface area contributed by atoms with Crippen LogP contribution in [0.3, 0.4) is 0 Å². The van der Waals surface area contributed by atoms with Crippen LogP contribution in [-0.4, -0.2) is 42.3 Å². The maximum atomic E-state index is 13.2. The van der Waals surface area contributed by atoms with Crippen molar-refractivity contribution in [3.63, 3.8) is 0 Å². The van der Waals surface area contributed by atoms with Gasteiger partial charge in [-0.25, -0.2) is 0 Å². The van der Waals surface area contributed by atoms with Gasteiger partial charge in [0.05, 0.1) is 15.9 Å². The third kappa shape index (κ3) is 5.42. The third-order valence-corrected chi connectivity index (χ3v) is 9.25. The fourth-order valence-corrected chi connectivity index (χ4v) is 6.99. The molecule has 0 aliphatic carbocycles. The van der Waals surface area contributed by atoms with Crippen molar-refractivity contribution < 1.29 is 9.59 Å². The van der Waals surface area contributed by atoms with Gasteiger partial charge in [-0.2, -0.15) is 0 Å². The minimum absolute atomic E-state index is 0.148. The molecule has 2 aromatic heterocycles. The molecule has 2 aliphatic rings. The number of fused-ring (bicyclic) bond motifs is 1. The molecule has 42 heavy (non-hydrogen) atoms. The normalized spacial score (nSPS) is 17.0. The molecule has 0 spiro atoms. The average molecular weight is 578 g/mol. The van der Waals surface area contributed by atoms with Gasteiger partial charge in [-0.1, -0.05) is 31.2 Å². The minimum atomic E-state index is -0.685. The van der Waals surface area contributed by atoms with E-state index < -0.39 is 5.92 Å². The van der Waals surface area contributed by atoms with Crippen molar-refractivity contribution in [2.45, 2.75) is 32.6 Å². The number of thiophene rings is 1. The lowest BCUT2D eigenvalue weighted by Crippen LogP contribution is -2.33. The first kappa shape index (κ1) is 27.7. The molecule has 0 saturated carbocycles. The number of allylic oxidation sites excluding steroid dienone is 2. The molecule has 1 saturated heterocycles. The van der Waals surface area contributed by atoms with Crippen LogP contribution in [0.25, 0.3) is 15.8 Å². The second-order valence-electron chi connectivity index (χ2n) is 10.8. The van der Waals surface area contributed by atoms with Crippen LogP contribution in [0.15, 0.2) is 85.3 Å². The van der Waals surface area contributed by atoms with Crippen LogP contribution in [0.2, 0.25) is 0 Å². The Morgan fingerprint density at radius 3 is 2.76 bits per heavy atom. The number of aryl methyl sites for hydroxylation is 1. The lowest BCUT2D eigenvalue weighted by Gasteiger charge is -2.24. The second-order valence-corrected chi connectivity index (χ2v) is 11.9. The van der Waals surface area contributed by atoms with E-state index in [2.05, 4.69) is 77.8 Å². The summed E-state index contributed by atoms with van der Waals surface area (Å²) in [5, 5.41) is 3.02. The molecule has 0 bridgehead atoms. The Bertz CT molecular complexity index is 1690. The highest BCUT2D eigenvalue weighted by atomic mass is 32.1. The Morgan fingerprint density at radius 2 is 1.95 bits per heavy atom. The van der Waals surface area contributed by atoms with Gasteiger partial charge in [-0.05, 0) is 85.5 Å². The number of pyridine rings is 1. The van der Waals surface area contributed by atoms with Crippen LogP contribution in [0.5, 0.6) is 0 Å². The first-order chi connectivity index (χ1) is 20.4. The number of rotatable bonds is 7. The van der Waals surface area contributed by atoms with Crippen molar-refractivity contribution in [2.75, 3.05) is 35.8 Å². The molecule has 1 unspecified atom stereocenters. The first-order valence-electron chi connectivity index (χ1n) is 14.4. The van der Waals surface area contributed by atoms with E-state index in [0.29, 0.717) is 18.7 Å². The van der Waals surface area contributed by atoms with Gasteiger partial charge in [0, 0.05) is 55.0 Å². The Morgan fingerprint density at radius 1 is 1.12 bits per heavy atom.